The maximum atomic E-state index is 13.3. The first-order valence-corrected chi connectivity index (χ1v) is 12.9. The van der Waals surface area contributed by atoms with Crippen molar-refractivity contribution in [3.63, 3.8) is 0 Å². The molecule has 0 amide bonds. The van der Waals surface area contributed by atoms with Crippen molar-refractivity contribution in [1.29, 1.82) is 0 Å². The summed E-state index contributed by atoms with van der Waals surface area (Å²) >= 11 is 5.37. The van der Waals surface area contributed by atoms with Crippen LogP contribution in [-0.4, -0.2) is 34.6 Å². The van der Waals surface area contributed by atoms with E-state index in [4.69, 9.17) is 12.2 Å². The Kier molecular flexibility index (Phi) is 7.09. The molecule has 39 heavy (non-hydrogen) atoms. The van der Waals surface area contributed by atoms with Gasteiger partial charge in [0.15, 0.2) is 5.11 Å². The van der Waals surface area contributed by atoms with Crippen molar-refractivity contribution in [1.82, 2.24) is 15.2 Å². The number of piperidine rings is 3. The molecule has 0 saturated carbocycles. The number of nitrogens with one attached hydrogen (secondary N) is 2. The summed E-state index contributed by atoms with van der Waals surface area (Å²) in [5, 5.41) is 6.57. The lowest BCUT2D eigenvalue weighted by Crippen LogP contribution is -2.63. The number of hydrogen-bond donors (Lipinski definition) is 2. The van der Waals surface area contributed by atoms with Crippen LogP contribution in [0.2, 0.25) is 0 Å². The molecular formula is C28H26F6N4S. The average molecular weight is 565 g/mol. The van der Waals surface area contributed by atoms with Gasteiger partial charge in [0.25, 0.3) is 0 Å². The van der Waals surface area contributed by atoms with Crippen molar-refractivity contribution in [3.05, 3.63) is 84.1 Å². The number of fused-ring (bicyclic) bond motifs is 4. The van der Waals surface area contributed by atoms with Crippen molar-refractivity contribution in [2.75, 3.05) is 25.0 Å². The van der Waals surface area contributed by atoms with Crippen molar-refractivity contribution < 1.29 is 26.3 Å². The monoisotopic (exact) mass is 564 g/mol. The van der Waals surface area contributed by atoms with Gasteiger partial charge in [0.2, 0.25) is 0 Å². The number of nitrogens with zero attached hydrogens (tertiary/aromatic N) is 2. The second kappa shape index (κ2) is 10.1. The molecule has 11 heteroatoms. The van der Waals surface area contributed by atoms with Gasteiger partial charge >= 0.3 is 12.4 Å². The van der Waals surface area contributed by atoms with E-state index in [-0.39, 0.29) is 11.2 Å². The number of rotatable bonds is 5. The molecule has 3 fully saturated rings. The number of anilines is 1. The zero-order chi connectivity index (χ0) is 28.0. The van der Waals surface area contributed by atoms with Crippen LogP contribution in [0.5, 0.6) is 0 Å². The number of para-hydroxylation sites is 1. The molecule has 206 valence electrons. The number of thiocarbonyl (C=S) groups is 1. The third-order valence-electron chi connectivity index (χ3n) is 7.85. The van der Waals surface area contributed by atoms with Gasteiger partial charge in [0.1, 0.15) is 0 Å². The Hall–Kier alpha value is -3.18. The molecule has 4 nitrogen and oxygen atoms in total. The Morgan fingerprint density at radius 2 is 1.77 bits per heavy atom. The number of aromatic nitrogens is 1. The van der Waals surface area contributed by atoms with Crippen LogP contribution in [0.15, 0.2) is 67.4 Å². The Balaban J connectivity index is 1.45. The maximum Gasteiger partial charge on any atom is 0.416 e. The van der Waals surface area contributed by atoms with Crippen LogP contribution < -0.4 is 10.6 Å². The van der Waals surface area contributed by atoms with Crippen molar-refractivity contribution in [2.45, 2.75) is 30.7 Å². The van der Waals surface area contributed by atoms with E-state index >= 15 is 0 Å². The molecule has 0 spiro atoms. The van der Waals surface area contributed by atoms with Gasteiger partial charge < -0.3 is 10.6 Å². The minimum atomic E-state index is -4.95. The highest BCUT2D eigenvalue weighted by molar-refractivity contribution is 7.80. The van der Waals surface area contributed by atoms with Crippen LogP contribution >= 0.6 is 12.2 Å². The molecule has 0 radical (unpaired) electrons. The number of halogens is 6. The van der Waals surface area contributed by atoms with Crippen LogP contribution in [0.25, 0.3) is 10.9 Å². The largest absolute Gasteiger partial charge is 0.416 e. The van der Waals surface area contributed by atoms with Crippen LogP contribution in [-0.2, 0) is 17.9 Å². The molecule has 3 aliphatic heterocycles. The molecule has 4 atom stereocenters. The molecule has 3 saturated heterocycles. The molecule has 3 aromatic rings. The molecular weight excluding hydrogens is 538 g/mol. The van der Waals surface area contributed by atoms with Crippen molar-refractivity contribution >= 4 is 33.9 Å². The molecule has 6 rings (SSSR count). The van der Waals surface area contributed by atoms with Crippen molar-refractivity contribution in [3.8, 4) is 0 Å². The standard InChI is InChI=1S/C28H26F6N4S/c1-2-17-15-38-10-8-18(17)14-26(38,23-7-9-35-24-6-4-3-5-22(23)24)16-36-25(39)37-21-12-19(27(29,30)31)11-20(13-21)28(32,33)34/h2-7,9,11-13,17-18H,1,8,10,14-16H2,(H2,36,37,39). The third kappa shape index (κ3) is 5.34. The molecule has 2 bridgehead atoms. The molecule has 2 aromatic carbocycles. The van der Waals surface area contributed by atoms with E-state index in [1.54, 1.807) is 6.20 Å². The minimum Gasteiger partial charge on any atom is -0.360 e. The Morgan fingerprint density at radius 1 is 1.08 bits per heavy atom. The summed E-state index contributed by atoms with van der Waals surface area (Å²) < 4.78 is 79.9. The molecule has 3 aliphatic rings. The molecule has 1 aromatic heterocycles. The fourth-order valence-corrected chi connectivity index (χ4v) is 6.18. The summed E-state index contributed by atoms with van der Waals surface area (Å²) in [5.41, 5.74) is -1.84. The normalized spacial score (nSPS) is 24.9. The van der Waals surface area contributed by atoms with Crippen molar-refractivity contribution in [2.24, 2.45) is 11.8 Å². The molecule has 4 unspecified atom stereocenters. The molecule has 2 N–H and O–H groups in total. The van der Waals surface area contributed by atoms with E-state index in [0.717, 1.165) is 42.4 Å². The summed E-state index contributed by atoms with van der Waals surface area (Å²) in [5.74, 6) is 0.705. The summed E-state index contributed by atoms with van der Waals surface area (Å²) in [4.78, 5) is 6.87. The SMILES string of the molecule is C=CC1CN2CCC1CC2(CNC(=S)Nc1cc(C(F)(F)F)cc(C(F)(F)F)c1)c1ccnc2ccccc12. The van der Waals surface area contributed by atoms with Crippen LogP contribution in [0.3, 0.4) is 0 Å². The van der Waals surface area contributed by atoms with Gasteiger partial charge in [-0.15, -0.1) is 6.58 Å². The quantitative estimate of drug-likeness (QED) is 0.199. The minimum absolute atomic E-state index is 0.0666. The Bertz CT molecular complexity index is 1370. The van der Waals surface area contributed by atoms with Gasteiger partial charge in [0, 0.05) is 30.4 Å². The van der Waals surface area contributed by atoms with Crippen LogP contribution in [0.1, 0.15) is 29.5 Å². The van der Waals surface area contributed by atoms with Gasteiger partial charge in [-0.3, -0.25) is 9.88 Å². The van der Waals surface area contributed by atoms with Gasteiger partial charge in [-0.1, -0.05) is 24.3 Å². The smallest absolute Gasteiger partial charge is 0.360 e. The first kappa shape index (κ1) is 27.4. The predicted octanol–water partition coefficient (Wildman–Crippen LogP) is 6.98. The Morgan fingerprint density at radius 3 is 2.38 bits per heavy atom. The van der Waals surface area contributed by atoms with E-state index in [1.165, 1.54) is 0 Å². The van der Waals surface area contributed by atoms with E-state index in [1.807, 2.05) is 36.4 Å². The van der Waals surface area contributed by atoms with E-state index in [2.05, 4.69) is 27.1 Å². The van der Waals surface area contributed by atoms with E-state index in [9.17, 15) is 26.3 Å². The molecule has 0 aliphatic carbocycles. The third-order valence-corrected chi connectivity index (χ3v) is 8.10. The fraction of sp³-hybridized carbons (Fsp3) is 0.357. The first-order chi connectivity index (χ1) is 18.4. The molecule has 4 heterocycles. The lowest BCUT2D eigenvalue weighted by molar-refractivity contribution is -0.143. The Labute approximate surface area is 227 Å². The first-order valence-electron chi connectivity index (χ1n) is 12.5. The summed E-state index contributed by atoms with van der Waals surface area (Å²) in [7, 11) is 0. The average Bonchev–Trinajstić information content (AvgIpc) is 2.90. The van der Waals surface area contributed by atoms with Crippen LogP contribution in [0.4, 0.5) is 32.0 Å². The zero-order valence-corrected chi connectivity index (χ0v) is 21.6. The predicted molar refractivity (Wildman–Crippen MR) is 142 cm³/mol. The highest BCUT2D eigenvalue weighted by Gasteiger charge is 2.50. The highest BCUT2D eigenvalue weighted by Crippen LogP contribution is 2.49. The van der Waals surface area contributed by atoms with Gasteiger partial charge in [-0.2, -0.15) is 26.3 Å². The highest BCUT2D eigenvalue weighted by atomic mass is 32.1. The van der Waals surface area contributed by atoms with Gasteiger partial charge in [-0.05, 0) is 79.3 Å². The number of alkyl halides is 6. The second-order valence-electron chi connectivity index (χ2n) is 10.1. The lowest BCUT2D eigenvalue weighted by Gasteiger charge is -2.57. The van der Waals surface area contributed by atoms with Crippen LogP contribution in [0, 0.1) is 11.8 Å². The number of hydrogen-bond acceptors (Lipinski definition) is 3. The lowest BCUT2D eigenvalue weighted by atomic mass is 9.66. The summed E-state index contributed by atoms with van der Waals surface area (Å²) in [6.07, 6.45) is -4.36. The second-order valence-corrected chi connectivity index (χ2v) is 10.5. The van der Waals surface area contributed by atoms with E-state index in [0.29, 0.717) is 30.5 Å². The summed E-state index contributed by atoms with van der Waals surface area (Å²) in [6, 6.07) is 11.1. The zero-order valence-electron chi connectivity index (χ0n) is 20.7. The van der Waals surface area contributed by atoms with Gasteiger partial charge in [0.05, 0.1) is 22.2 Å². The topological polar surface area (TPSA) is 40.2 Å². The fourth-order valence-electron chi connectivity index (χ4n) is 5.99. The number of pyridine rings is 1. The summed E-state index contributed by atoms with van der Waals surface area (Å²) in [6.45, 7) is 5.93. The van der Waals surface area contributed by atoms with Gasteiger partial charge in [-0.25, -0.2) is 0 Å². The number of benzene rings is 2. The van der Waals surface area contributed by atoms with E-state index < -0.39 is 34.7 Å². The maximum absolute atomic E-state index is 13.3.